The van der Waals surface area contributed by atoms with Gasteiger partial charge in [0.2, 0.25) is 0 Å². The van der Waals surface area contributed by atoms with E-state index in [-0.39, 0.29) is 15.8 Å². The lowest BCUT2D eigenvalue weighted by Crippen LogP contribution is -2.20. The minimum Gasteiger partial charge on any atom is -0.321 e. The second-order valence-electron chi connectivity index (χ2n) is 2.71. The Hall–Kier alpha value is -1.57. The van der Waals surface area contributed by atoms with Crippen LogP contribution in [0.15, 0.2) is 22.7 Å². The topological polar surface area (TPSA) is 72.2 Å². The first kappa shape index (κ1) is 12.5. The Bertz CT molecular complexity index is 439. The normalized spacial score (nSPS) is 10.2. The minimum atomic E-state index is -3.16. The van der Waals surface area contributed by atoms with E-state index >= 15 is 0 Å². The highest BCUT2D eigenvalue weighted by atomic mass is 79.9. The Balaban J connectivity index is 2.95. The lowest BCUT2D eigenvalue weighted by Gasteiger charge is -2.04. The zero-order valence-corrected chi connectivity index (χ0v) is 9.20. The number of nitrogens with one attached hydrogen (secondary N) is 1. The molecule has 0 atom stereocenters. The van der Waals surface area contributed by atoms with Crippen molar-refractivity contribution in [2.45, 2.75) is 6.43 Å². The van der Waals surface area contributed by atoms with E-state index < -0.39 is 17.3 Å². The van der Waals surface area contributed by atoms with Gasteiger partial charge in [-0.1, -0.05) is 0 Å². The molecule has 0 aromatic heterocycles. The molecule has 0 fully saturated rings. The van der Waals surface area contributed by atoms with E-state index in [4.69, 9.17) is 0 Å². The Labute approximate surface area is 96.7 Å². The van der Waals surface area contributed by atoms with Crippen LogP contribution in [0.2, 0.25) is 0 Å². The monoisotopic (exact) mass is 294 g/mol. The fourth-order valence-corrected chi connectivity index (χ4v) is 1.32. The predicted molar refractivity (Wildman–Crippen MR) is 55.4 cm³/mol. The summed E-state index contributed by atoms with van der Waals surface area (Å²) in [6.45, 7) is 0. The van der Waals surface area contributed by atoms with Crippen LogP contribution in [-0.4, -0.2) is 17.3 Å². The summed E-state index contributed by atoms with van der Waals surface area (Å²) in [6.07, 6.45) is -3.16. The SMILES string of the molecule is O=C(Nc1ccc(Br)c([N+](=O)[O-])c1)C(F)F. The first-order chi connectivity index (χ1) is 7.41. The van der Waals surface area contributed by atoms with Gasteiger partial charge in [0.1, 0.15) is 0 Å². The average molecular weight is 295 g/mol. The van der Waals surface area contributed by atoms with E-state index in [1.807, 2.05) is 5.32 Å². The molecule has 0 bridgehead atoms. The fourth-order valence-electron chi connectivity index (χ4n) is 0.927. The van der Waals surface area contributed by atoms with Crippen LogP contribution in [0.5, 0.6) is 0 Å². The molecular weight excluding hydrogens is 290 g/mol. The molecule has 0 heterocycles. The van der Waals surface area contributed by atoms with Crippen molar-refractivity contribution in [2.24, 2.45) is 0 Å². The molecule has 0 saturated heterocycles. The molecule has 0 aliphatic carbocycles. The van der Waals surface area contributed by atoms with Crippen molar-refractivity contribution in [1.29, 1.82) is 0 Å². The predicted octanol–water partition coefficient (Wildman–Crippen LogP) is 2.56. The maximum absolute atomic E-state index is 11.9. The van der Waals surface area contributed by atoms with E-state index in [0.29, 0.717) is 0 Å². The van der Waals surface area contributed by atoms with Gasteiger partial charge in [0.15, 0.2) is 0 Å². The van der Waals surface area contributed by atoms with Gasteiger partial charge in [-0.2, -0.15) is 8.78 Å². The summed E-state index contributed by atoms with van der Waals surface area (Å²) in [6, 6.07) is 3.56. The quantitative estimate of drug-likeness (QED) is 0.688. The first-order valence-electron chi connectivity index (χ1n) is 3.95. The van der Waals surface area contributed by atoms with Gasteiger partial charge in [0.05, 0.1) is 9.40 Å². The molecule has 8 heteroatoms. The molecule has 0 radical (unpaired) electrons. The third-order valence-electron chi connectivity index (χ3n) is 1.61. The molecule has 1 amide bonds. The summed E-state index contributed by atoms with van der Waals surface area (Å²) in [5, 5.41) is 12.4. The zero-order valence-electron chi connectivity index (χ0n) is 7.62. The van der Waals surface area contributed by atoms with Crippen LogP contribution >= 0.6 is 15.9 Å². The van der Waals surface area contributed by atoms with Crippen molar-refractivity contribution < 1.29 is 18.5 Å². The number of nitro groups is 1. The van der Waals surface area contributed by atoms with Crippen molar-refractivity contribution in [3.8, 4) is 0 Å². The van der Waals surface area contributed by atoms with Crippen LogP contribution in [0, 0.1) is 10.1 Å². The van der Waals surface area contributed by atoms with Crippen LogP contribution in [-0.2, 0) is 4.79 Å². The maximum atomic E-state index is 11.9. The number of nitro benzene ring substituents is 1. The summed E-state index contributed by atoms with van der Waals surface area (Å²) in [7, 11) is 0. The maximum Gasteiger partial charge on any atom is 0.315 e. The highest BCUT2D eigenvalue weighted by Crippen LogP contribution is 2.27. The van der Waals surface area contributed by atoms with Gasteiger partial charge in [0.25, 0.3) is 11.6 Å². The Morgan fingerprint density at radius 3 is 2.62 bits per heavy atom. The van der Waals surface area contributed by atoms with Crippen LogP contribution in [0.1, 0.15) is 0 Å². The third-order valence-corrected chi connectivity index (χ3v) is 2.28. The number of nitrogens with zero attached hydrogens (tertiary/aromatic N) is 1. The highest BCUT2D eigenvalue weighted by Gasteiger charge is 2.17. The molecule has 0 saturated carbocycles. The molecule has 0 aliphatic heterocycles. The van der Waals surface area contributed by atoms with Gasteiger partial charge in [-0.15, -0.1) is 0 Å². The van der Waals surface area contributed by atoms with E-state index in [1.165, 1.54) is 12.1 Å². The fraction of sp³-hybridized carbons (Fsp3) is 0.125. The molecule has 5 nitrogen and oxygen atoms in total. The lowest BCUT2D eigenvalue weighted by molar-refractivity contribution is -0.385. The van der Waals surface area contributed by atoms with E-state index in [9.17, 15) is 23.7 Å². The molecule has 1 rings (SSSR count). The van der Waals surface area contributed by atoms with Crippen LogP contribution < -0.4 is 5.32 Å². The standard InChI is InChI=1S/C8H5BrF2N2O3/c9-5-2-1-4(3-6(5)13(15)16)12-8(14)7(10)11/h1-3,7H,(H,12,14). The van der Waals surface area contributed by atoms with Gasteiger partial charge in [-0.3, -0.25) is 14.9 Å². The average Bonchev–Trinajstić information content (AvgIpc) is 2.20. The summed E-state index contributed by atoms with van der Waals surface area (Å²) in [5.74, 6) is -1.50. The number of amides is 1. The number of hydrogen-bond donors (Lipinski definition) is 1. The molecule has 1 aromatic carbocycles. The number of hydrogen-bond acceptors (Lipinski definition) is 3. The number of carbonyl (C=O) groups is 1. The van der Waals surface area contributed by atoms with Crippen LogP contribution in [0.25, 0.3) is 0 Å². The molecule has 86 valence electrons. The number of benzene rings is 1. The van der Waals surface area contributed by atoms with Crippen molar-refractivity contribution >= 4 is 33.2 Å². The summed E-state index contributed by atoms with van der Waals surface area (Å²) >= 11 is 2.92. The van der Waals surface area contributed by atoms with Gasteiger partial charge in [-0.05, 0) is 28.1 Å². The van der Waals surface area contributed by atoms with Crippen molar-refractivity contribution in [3.63, 3.8) is 0 Å². The Morgan fingerprint density at radius 1 is 1.50 bits per heavy atom. The first-order valence-corrected chi connectivity index (χ1v) is 4.74. The van der Waals surface area contributed by atoms with Gasteiger partial charge < -0.3 is 5.32 Å². The number of alkyl halides is 2. The van der Waals surface area contributed by atoms with Gasteiger partial charge in [-0.25, -0.2) is 0 Å². The lowest BCUT2D eigenvalue weighted by atomic mass is 10.3. The van der Waals surface area contributed by atoms with E-state index in [0.717, 1.165) is 6.07 Å². The Morgan fingerprint density at radius 2 is 2.12 bits per heavy atom. The third kappa shape index (κ3) is 2.96. The molecule has 0 aliphatic rings. The largest absolute Gasteiger partial charge is 0.321 e. The molecule has 16 heavy (non-hydrogen) atoms. The summed E-state index contributed by atoms with van der Waals surface area (Å²) in [4.78, 5) is 20.5. The van der Waals surface area contributed by atoms with Crippen molar-refractivity contribution in [3.05, 3.63) is 32.8 Å². The molecule has 1 aromatic rings. The smallest absolute Gasteiger partial charge is 0.315 e. The zero-order chi connectivity index (χ0) is 12.3. The van der Waals surface area contributed by atoms with Crippen molar-refractivity contribution in [2.75, 3.05) is 5.32 Å². The molecule has 1 N–H and O–H groups in total. The molecule has 0 spiro atoms. The Kier molecular flexibility index (Phi) is 3.88. The second-order valence-corrected chi connectivity index (χ2v) is 3.57. The molecule has 0 unspecified atom stereocenters. The van der Waals surface area contributed by atoms with Crippen LogP contribution in [0.3, 0.4) is 0 Å². The van der Waals surface area contributed by atoms with E-state index in [1.54, 1.807) is 0 Å². The number of anilines is 1. The number of carbonyl (C=O) groups excluding carboxylic acids is 1. The van der Waals surface area contributed by atoms with Crippen molar-refractivity contribution in [1.82, 2.24) is 0 Å². The van der Waals surface area contributed by atoms with E-state index in [2.05, 4.69) is 15.9 Å². The van der Waals surface area contributed by atoms with Gasteiger partial charge in [0, 0.05) is 11.8 Å². The number of rotatable bonds is 3. The van der Waals surface area contributed by atoms with Crippen LogP contribution in [0.4, 0.5) is 20.2 Å². The second kappa shape index (κ2) is 4.97. The number of halogens is 3. The summed E-state index contributed by atoms with van der Waals surface area (Å²) < 4.78 is 24.0. The van der Waals surface area contributed by atoms with Gasteiger partial charge >= 0.3 is 6.43 Å². The minimum absolute atomic E-state index is 0.0554. The molecular formula is C8H5BrF2N2O3. The highest BCUT2D eigenvalue weighted by molar-refractivity contribution is 9.10. The summed E-state index contributed by atoms with van der Waals surface area (Å²) in [5.41, 5.74) is -0.368.